The lowest BCUT2D eigenvalue weighted by Crippen LogP contribution is -2.36. The molecule has 0 bridgehead atoms. The number of nitrogens with two attached hydrogens (primary N) is 1. The highest BCUT2D eigenvalue weighted by atomic mass is 79.9. The third-order valence-electron chi connectivity index (χ3n) is 2.23. The van der Waals surface area contributed by atoms with Gasteiger partial charge in [0, 0.05) is 10.5 Å². The molecule has 0 aromatic heterocycles. The zero-order valence-corrected chi connectivity index (χ0v) is 12.1. The Bertz CT molecular complexity index is 470. The van der Waals surface area contributed by atoms with E-state index in [9.17, 15) is 13.2 Å². The van der Waals surface area contributed by atoms with Crippen molar-refractivity contribution < 1.29 is 13.2 Å². The number of guanidine groups is 1. The zero-order chi connectivity index (χ0) is 14.6. The van der Waals surface area contributed by atoms with Gasteiger partial charge >= 0.3 is 6.18 Å². The second-order valence-corrected chi connectivity index (χ2v) is 5.22. The van der Waals surface area contributed by atoms with Crippen molar-refractivity contribution in [3.63, 3.8) is 0 Å². The predicted octanol–water partition coefficient (Wildman–Crippen LogP) is 3.28. The van der Waals surface area contributed by atoms with Gasteiger partial charge in [-0.05, 0) is 31.5 Å². The summed E-state index contributed by atoms with van der Waals surface area (Å²) < 4.78 is 38.9. The molecule has 3 nitrogen and oxygen atoms in total. The molecule has 0 amide bonds. The van der Waals surface area contributed by atoms with Crippen molar-refractivity contribution in [3.8, 4) is 0 Å². The maximum atomic E-state index is 12.8. The van der Waals surface area contributed by atoms with Crippen molar-refractivity contribution in [2.75, 3.05) is 0 Å². The average Bonchev–Trinajstić information content (AvgIpc) is 2.25. The van der Waals surface area contributed by atoms with Crippen molar-refractivity contribution in [1.29, 1.82) is 0 Å². The van der Waals surface area contributed by atoms with Crippen molar-refractivity contribution in [2.45, 2.75) is 32.6 Å². The molecule has 1 aromatic carbocycles. The van der Waals surface area contributed by atoms with Gasteiger partial charge in [-0.1, -0.05) is 22.0 Å². The summed E-state index contributed by atoms with van der Waals surface area (Å²) in [7, 11) is 0. The van der Waals surface area contributed by atoms with Gasteiger partial charge in [-0.15, -0.1) is 0 Å². The highest BCUT2D eigenvalue weighted by Gasteiger charge is 2.33. The Morgan fingerprint density at radius 1 is 1.42 bits per heavy atom. The summed E-state index contributed by atoms with van der Waals surface area (Å²) in [6.07, 6.45) is -4.41. The van der Waals surface area contributed by atoms with Crippen LogP contribution in [0.4, 0.5) is 13.2 Å². The van der Waals surface area contributed by atoms with Gasteiger partial charge in [0.2, 0.25) is 0 Å². The van der Waals surface area contributed by atoms with Gasteiger partial charge in [0.15, 0.2) is 5.96 Å². The summed E-state index contributed by atoms with van der Waals surface area (Å²) >= 11 is 3.03. The summed E-state index contributed by atoms with van der Waals surface area (Å²) in [6.45, 7) is 3.61. The van der Waals surface area contributed by atoms with Crippen LogP contribution in [0.5, 0.6) is 0 Å². The number of nitrogens with one attached hydrogen (secondary N) is 1. The molecule has 0 fully saturated rings. The molecule has 0 aliphatic rings. The minimum Gasteiger partial charge on any atom is -0.370 e. The smallest absolute Gasteiger partial charge is 0.370 e. The third kappa shape index (κ3) is 5.10. The van der Waals surface area contributed by atoms with Gasteiger partial charge in [0.05, 0.1) is 12.1 Å². The van der Waals surface area contributed by atoms with Gasteiger partial charge in [-0.25, -0.2) is 4.99 Å². The van der Waals surface area contributed by atoms with E-state index in [1.807, 2.05) is 13.8 Å². The number of halogens is 4. The first-order valence-corrected chi connectivity index (χ1v) is 6.41. The van der Waals surface area contributed by atoms with E-state index in [1.54, 1.807) is 6.07 Å². The van der Waals surface area contributed by atoms with E-state index >= 15 is 0 Å². The van der Waals surface area contributed by atoms with E-state index in [4.69, 9.17) is 5.73 Å². The maximum Gasteiger partial charge on any atom is 0.416 e. The second-order valence-electron chi connectivity index (χ2n) is 4.30. The molecular weight excluding hydrogens is 323 g/mol. The minimum absolute atomic E-state index is 0.0794. The Labute approximate surface area is 118 Å². The van der Waals surface area contributed by atoms with E-state index in [1.165, 1.54) is 6.07 Å². The lowest BCUT2D eigenvalue weighted by molar-refractivity contribution is -0.138. The molecule has 0 radical (unpaired) electrons. The second kappa shape index (κ2) is 6.27. The van der Waals surface area contributed by atoms with Crippen LogP contribution in [-0.2, 0) is 12.7 Å². The van der Waals surface area contributed by atoms with Gasteiger partial charge in [-0.3, -0.25) is 0 Å². The molecule has 106 valence electrons. The SMILES string of the molecule is CC(C)NC(N)=NCc1ccc(Br)cc1C(F)(F)F. The van der Waals surface area contributed by atoms with E-state index in [0.29, 0.717) is 4.47 Å². The predicted molar refractivity (Wildman–Crippen MR) is 72.7 cm³/mol. The fourth-order valence-electron chi connectivity index (χ4n) is 1.46. The van der Waals surface area contributed by atoms with Crippen LogP contribution in [-0.4, -0.2) is 12.0 Å². The number of aliphatic imine (C=N–C) groups is 1. The maximum absolute atomic E-state index is 12.8. The fraction of sp³-hybridized carbons (Fsp3) is 0.417. The zero-order valence-electron chi connectivity index (χ0n) is 10.6. The first-order chi connectivity index (χ1) is 8.70. The number of hydrogen-bond acceptors (Lipinski definition) is 1. The first-order valence-electron chi connectivity index (χ1n) is 5.62. The molecule has 0 heterocycles. The largest absolute Gasteiger partial charge is 0.416 e. The summed E-state index contributed by atoms with van der Waals surface area (Å²) in [4.78, 5) is 3.91. The lowest BCUT2D eigenvalue weighted by Gasteiger charge is -2.13. The highest BCUT2D eigenvalue weighted by Crippen LogP contribution is 2.34. The molecule has 0 unspecified atom stereocenters. The van der Waals surface area contributed by atoms with E-state index < -0.39 is 11.7 Å². The Morgan fingerprint density at radius 3 is 2.58 bits per heavy atom. The molecule has 0 saturated carbocycles. The number of hydrogen-bond donors (Lipinski definition) is 2. The van der Waals surface area contributed by atoms with Crippen LogP contribution in [0.25, 0.3) is 0 Å². The number of rotatable bonds is 3. The topological polar surface area (TPSA) is 50.4 Å². The molecule has 7 heteroatoms. The first kappa shape index (κ1) is 15.8. The van der Waals surface area contributed by atoms with Gasteiger partial charge in [-0.2, -0.15) is 13.2 Å². The summed E-state index contributed by atoms with van der Waals surface area (Å²) in [5.41, 5.74) is 4.94. The molecule has 1 aromatic rings. The normalized spacial score (nSPS) is 12.9. The van der Waals surface area contributed by atoms with Crippen LogP contribution in [0, 0.1) is 0 Å². The Kier molecular flexibility index (Phi) is 5.22. The molecule has 0 spiro atoms. The number of benzene rings is 1. The van der Waals surface area contributed by atoms with Crippen molar-refractivity contribution >= 4 is 21.9 Å². The van der Waals surface area contributed by atoms with Crippen LogP contribution in [0.2, 0.25) is 0 Å². The Morgan fingerprint density at radius 2 is 2.05 bits per heavy atom. The molecule has 0 saturated heterocycles. The van der Waals surface area contributed by atoms with Gasteiger partial charge in [0.25, 0.3) is 0 Å². The fourth-order valence-corrected chi connectivity index (χ4v) is 1.82. The molecule has 1 rings (SSSR count). The van der Waals surface area contributed by atoms with Gasteiger partial charge < -0.3 is 11.1 Å². The van der Waals surface area contributed by atoms with E-state index in [0.717, 1.165) is 6.07 Å². The summed E-state index contributed by atoms with van der Waals surface area (Å²) in [6, 6.07) is 4.05. The summed E-state index contributed by atoms with van der Waals surface area (Å²) in [5.74, 6) is 0.131. The van der Waals surface area contributed by atoms with Crippen molar-refractivity contribution in [2.24, 2.45) is 10.7 Å². The highest BCUT2D eigenvalue weighted by molar-refractivity contribution is 9.10. The molecule has 0 aliphatic heterocycles. The van der Waals surface area contributed by atoms with E-state index in [2.05, 4.69) is 26.2 Å². The number of nitrogens with zero attached hydrogens (tertiary/aromatic N) is 1. The van der Waals surface area contributed by atoms with Crippen LogP contribution >= 0.6 is 15.9 Å². The quantitative estimate of drug-likeness (QED) is 0.656. The standard InChI is InChI=1S/C12H15BrF3N3/c1-7(2)19-11(17)18-6-8-3-4-9(13)5-10(8)12(14,15)16/h3-5,7H,6H2,1-2H3,(H3,17,18,19). The third-order valence-corrected chi connectivity index (χ3v) is 2.73. The monoisotopic (exact) mass is 337 g/mol. The molecule has 0 atom stereocenters. The van der Waals surface area contributed by atoms with Gasteiger partial charge in [0.1, 0.15) is 0 Å². The van der Waals surface area contributed by atoms with Crippen LogP contribution in [0.3, 0.4) is 0 Å². The minimum atomic E-state index is -4.41. The van der Waals surface area contributed by atoms with Crippen LogP contribution in [0.15, 0.2) is 27.7 Å². The van der Waals surface area contributed by atoms with Crippen LogP contribution in [0.1, 0.15) is 25.0 Å². The number of alkyl halides is 3. The molecule has 19 heavy (non-hydrogen) atoms. The molecule has 3 N–H and O–H groups in total. The van der Waals surface area contributed by atoms with Crippen molar-refractivity contribution in [3.05, 3.63) is 33.8 Å². The van der Waals surface area contributed by atoms with E-state index in [-0.39, 0.29) is 24.1 Å². The summed E-state index contributed by atoms with van der Waals surface area (Å²) in [5, 5.41) is 2.82. The van der Waals surface area contributed by atoms with Crippen LogP contribution < -0.4 is 11.1 Å². The average molecular weight is 338 g/mol. The van der Waals surface area contributed by atoms with Crippen molar-refractivity contribution in [1.82, 2.24) is 5.32 Å². The molecule has 0 aliphatic carbocycles. The molecular formula is C12H15BrF3N3. The Hall–Kier alpha value is -1.24. The Balaban J connectivity index is 2.96. The lowest BCUT2D eigenvalue weighted by atomic mass is 10.1.